The number of hydrogen-bond donors (Lipinski definition) is 0. The summed E-state index contributed by atoms with van der Waals surface area (Å²) in [6.07, 6.45) is 1.91. The zero-order chi connectivity index (χ0) is 14.1. The minimum absolute atomic E-state index is 0.233. The van der Waals surface area contributed by atoms with Gasteiger partial charge in [-0.25, -0.2) is 9.67 Å². The van der Waals surface area contributed by atoms with Crippen molar-refractivity contribution in [2.45, 2.75) is 19.9 Å². The summed E-state index contributed by atoms with van der Waals surface area (Å²) in [4.78, 5) is 4.66. The van der Waals surface area contributed by atoms with Gasteiger partial charge in [0.1, 0.15) is 5.69 Å². The smallest absolute Gasteiger partial charge is 0.181 e. The van der Waals surface area contributed by atoms with E-state index in [1.165, 1.54) is 0 Å². The molecule has 0 saturated heterocycles. The maximum atomic E-state index is 4.66. The van der Waals surface area contributed by atoms with E-state index in [-0.39, 0.29) is 6.04 Å². The average Bonchev–Trinajstić information content (AvgIpc) is 3.05. The zero-order valence-corrected chi connectivity index (χ0v) is 11.9. The number of hydrogen-bond acceptors (Lipinski definition) is 3. The lowest BCUT2D eigenvalue weighted by atomic mass is 10.2. The molecule has 0 saturated carbocycles. The van der Waals surface area contributed by atoms with Gasteiger partial charge in [0.15, 0.2) is 11.6 Å². The molecule has 3 aromatic rings. The van der Waals surface area contributed by atoms with Crippen molar-refractivity contribution in [1.29, 1.82) is 0 Å². The molecule has 5 heteroatoms. The van der Waals surface area contributed by atoms with E-state index in [1.54, 1.807) is 4.68 Å². The minimum Gasteiger partial charge on any atom is -0.275 e. The van der Waals surface area contributed by atoms with E-state index >= 15 is 0 Å². The second-order valence-corrected chi connectivity index (χ2v) is 5.04. The van der Waals surface area contributed by atoms with Crippen molar-refractivity contribution >= 4 is 0 Å². The van der Waals surface area contributed by atoms with E-state index in [0.717, 1.165) is 22.9 Å². The summed E-state index contributed by atoms with van der Waals surface area (Å²) in [5, 5.41) is 9.05. The van der Waals surface area contributed by atoms with Crippen LogP contribution in [0.15, 0.2) is 42.6 Å². The Hall–Kier alpha value is -2.43. The van der Waals surface area contributed by atoms with Gasteiger partial charge in [0, 0.05) is 24.8 Å². The first-order valence-corrected chi connectivity index (χ1v) is 6.67. The van der Waals surface area contributed by atoms with Gasteiger partial charge in [-0.05, 0) is 19.9 Å². The molecule has 1 aromatic carbocycles. The van der Waals surface area contributed by atoms with Gasteiger partial charge in [-0.1, -0.05) is 30.3 Å². The molecule has 0 atom stereocenters. The molecular formula is C15H17N5. The molecule has 20 heavy (non-hydrogen) atoms. The standard InChI is InChI=1S/C15H17N5/c1-11(2)20-15(13-9-10-19(3)17-13)16-14(18-20)12-7-5-4-6-8-12/h4-11H,1-3H3. The first-order valence-electron chi connectivity index (χ1n) is 6.67. The lowest BCUT2D eigenvalue weighted by Gasteiger charge is -2.06. The van der Waals surface area contributed by atoms with Crippen LogP contribution in [-0.4, -0.2) is 24.5 Å². The highest BCUT2D eigenvalue weighted by molar-refractivity contribution is 5.59. The molecule has 5 nitrogen and oxygen atoms in total. The van der Waals surface area contributed by atoms with E-state index in [9.17, 15) is 0 Å². The number of aryl methyl sites for hydroxylation is 1. The molecule has 0 aliphatic heterocycles. The summed E-state index contributed by atoms with van der Waals surface area (Å²) in [6, 6.07) is 12.2. The van der Waals surface area contributed by atoms with Gasteiger partial charge in [0.25, 0.3) is 0 Å². The van der Waals surface area contributed by atoms with Crippen LogP contribution < -0.4 is 0 Å². The first-order chi connectivity index (χ1) is 9.65. The molecular weight excluding hydrogens is 250 g/mol. The molecule has 0 aliphatic rings. The minimum atomic E-state index is 0.233. The van der Waals surface area contributed by atoms with Crippen molar-refractivity contribution in [1.82, 2.24) is 24.5 Å². The Kier molecular flexibility index (Phi) is 3.10. The molecule has 102 valence electrons. The number of aromatic nitrogens is 5. The van der Waals surface area contributed by atoms with Gasteiger partial charge in [-0.15, -0.1) is 0 Å². The number of rotatable bonds is 3. The first kappa shape index (κ1) is 12.6. The van der Waals surface area contributed by atoms with Crippen LogP contribution in [0.25, 0.3) is 22.9 Å². The third-order valence-corrected chi connectivity index (χ3v) is 3.10. The van der Waals surface area contributed by atoms with E-state index in [0.29, 0.717) is 0 Å². The monoisotopic (exact) mass is 267 g/mol. The van der Waals surface area contributed by atoms with Gasteiger partial charge in [-0.3, -0.25) is 4.68 Å². The van der Waals surface area contributed by atoms with Crippen molar-refractivity contribution in [3.8, 4) is 22.9 Å². The van der Waals surface area contributed by atoms with Crippen LogP contribution in [0.1, 0.15) is 19.9 Å². The van der Waals surface area contributed by atoms with Crippen LogP contribution >= 0.6 is 0 Å². The molecule has 0 fully saturated rings. The van der Waals surface area contributed by atoms with Crippen molar-refractivity contribution in [3.63, 3.8) is 0 Å². The van der Waals surface area contributed by atoms with Crippen LogP contribution in [0, 0.1) is 0 Å². The van der Waals surface area contributed by atoms with Gasteiger partial charge in [0.05, 0.1) is 0 Å². The Morgan fingerprint density at radius 3 is 2.35 bits per heavy atom. The van der Waals surface area contributed by atoms with Crippen LogP contribution in [-0.2, 0) is 7.05 Å². The molecule has 0 radical (unpaired) electrons. The SMILES string of the molecule is CC(C)n1nc(-c2ccccc2)nc1-c1ccn(C)n1. The van der Waals surface area contributed by atoms with E-state index < -0.39 is 0 Å². The molecule has 0 amide bonds. The third-order valence-electron chi connectivity index (χ3n) is 3.10. The highest BCUT2D eigenvalue weighted by Crippen LogP contribution is 2.23. The summed E-state index contributed by atoms with van der Waals surface area (Å²) in [5.41, 5.74) is 1.86. The summed E-state index contributed by atoms with van der Waals surface area (Å²) >= 11 is 0. The Balaban J connectivity index is 2.12. The van der Waals surface area contributed by atoms with Crippen molar-refractivity contribution in [2.75, 3.05) is 0 Å². The summed E-state index contributed by atoms with van der Waals surface area (Å²) in [5.74, 6) is 1.54. The fraction of sp³-hybridized carbons (Fsp3) is 0.267. The van der Waals surface area contributed by atoms with Gasteiger partial charge in [-0.2, -0.15) is 10.2 Å². The van der Waals surface area contributed by atoms with Crippen molar-refractivity contribution in [3.05, 3.63) is 42.6 Å². The van der Waals surface area contributed by atoms with E-state index in [1.807, 2.05) is 54.3 Å². The van der Waals surface area contributed by atoms with E-state index in [2.05, 4.69) is 29.0 Å². The van der Waals surface area contributed by atoms with Crippen LogP contribution in [0.5, 0.6) is 0 Å². The van der Waals surface area contributed by atoms with Crippen molar-refractivity contribution in [2.24, 2.45) is 7.05 Å². The van der Waals surface area contributed by atoms with E-state index in [4.69, 9.17) is 0 Å². The largest absolute Gasteiger partial charge is 0.275 e. The topological polar surface area (TPSA) is 48.5 Å². The summed E-state index contributed by atoms with van der Waals surface area (Å²) in [7, 11) is 1.90. The molecule has 2 heterocycles. The lowest BCUT2D eigenvalue weighted by Crippen LogP contribution is -2.05. The fourth-order valence-electron chi connectivity index (χ4n) is 2.10. The Bertz CT molecular complexity index is 709. The molecule has 0 unspecified atom stereocenters. The molecule has 3 rings (SSSR count). The quantitative estimate of drug-likeness (QED) is 0.733. The number of nitrogens with zero attached hydrogens (tertiary/aromatic N) is 5. The molecule has 0 spiro atoms. The second-order valence-electron chi connectivity index (χ2n) is 5.04. The maximum absolute atomic E-state index is 4.66. The Labute approximate surface area is 117 Å². The van der Waals surface area contributed by atoms with Gasteiger partial charge >= 0.3 is 0 Å². The van der Waals surface area contributed by atoms with Crippen molar-refractivity contribution < 1.29 is 0 Å². The predicted molar refractivity (Wildman–Crippen MR) is 78.0 cm³/mol. The molecule has 0 N–H and O–H groups in total. The second kappa shape index (κ2) is 4.92. The Morgan fingerprint density at radius 1 is 1.00 bits per heavy atom. The van der Waals surface area contributed by atoms with Crippen LogP contribution in [0.4, 0.5) is 0 Å². The van der Waals surface area contributed by atoms with Crippen LogP contribution in [0.2, 0.25) is 0 Å². The Morgan fingerprint density at radius 2 is 1.75 bits per heavy atom. The highest BCUT2D eigenvalue weighted by Gasteiger charge is 2.16. The molecule has 0 bridgehead atoms. The fourth-order valence-corrected chi connectivity index (χ4v) is 2.10. The zero-order valence-electron chi connectivity index (χ0n) is 11.9. The normalized spacial score (nSPS) is 11.2. The highest BCUT2D eigenvalue weighted by atomic mass is 15.4. The third kappa shape index (κ3) is 2.22. The average molecular weight is 267 g/mol. The number of benzene rings is 1. The summed E-state index contributed by atoms with van der Waals surface area (Å²) in [6.45, 7) is 4.19. The maximum Gasteiger partial charge on any atom is 0.181 e. The van der Waals surface area contributed by atoms with Gasteiger partial charge in [0.2, 0.25) is 0 Å². The van der Waals surface area contributed by atoms with Gasteiger partial charge < -0.3 is 0 Å². The summed E-state index contributed by atoms with van der Waals surface area (Å²) < 4.78 is 3.70. The predicted octanol–water partition coefficient (Wildman–Crippen LogP) is 2.93. The van der Waals surface area contributed by atoms with Crippen LogP contribution in [0.3, 0.4) is 0 Å². The molecule has 2 aromatic heterocycles. The lowest BCUT2D eigenvalue weighted by molar-refractivity contribution is 0.537. The molecule has 0 aliphatic carbocycles.